The van der Waals surface area contributed by atoms with Gasteiger partial charge in [-0.15, -0.1) is 10.2 Å². The second kappa shape index (κ2) is 8.47. The van der Waals surface area contributed by atoms with Gasteiger partial charge in [0.15, 0.2) is 10.8 Å². The van der Waals surface area contributed by atoms with Crippen LogP contribution in [0.2, 0.25) is 0 Å². The summed E-state index contributed by atoms with van der Waals surface area (Å²) in [5.74, 6) is 2.29. The molecule has 2 heterocycles. The smallest absolute Gasteiger partial charge is 0.230 e. The Morgan fingerprint density at radius 3 is 2.71 bits per heavy atom. The molecule has 0 spiro atoms. The molecule has 0 aliphatic rings. The van der Waals surface area contributed by atoms with Gasteiger partial charge in [0, 0.05) is 17.3 Å². The van der Waals surface area contributed by atoms with Crippen LogP contribution < -0.4 is 14.8 Å². The maximum Gasteiger partial charge on any atom is 0.230 e. The molecule has 8 nitrogen and oxygen atoms in total. The van der Waals surface area contributed by atoms with Gasteiger partial charge in [-0.1, -0.05) is 11.8 Å². The van der Waals surface area contributed by atoms with Gasteiger partial charge >= 0.3 is 0 Å². The quantitative estimate of drug-likeness (QED) is 0.609. The van der Waals surface area contributed by atoms with Crippen molar-refractivity contribution >= 4 is 23.3 Å². The van der Waals surface area contributed by atoms with Gasteiger partial charge in [-0.3, -0.25) is 9.20 Å². The number of hydrogen-bond acceptors (Lipinski definition) is 7. The molecule has 9 heteroatoms. The first-order valence-electron chi connectivity index (χ1n) is 8.76. The number of fused-ring (bicyclic) bond motifs is 1. The molecule has 2 aromatic heterocycles. The Bertz CT molecular complexity index is 1000. The van der Waals surface area contributed by atoms with Crippen molar-refractivity contribution in [1.29, 1.82) is 0 Å². The van der Waals surface area contributed by atoms with Crippen LogP contribution in [0.1, 0.15) is 30.0 Å². The Labute approximate surface area is 167 Å². The number of nitrogens with one attached hydrogen (secondary N) is 1. The Morgan fingerprint density at radius 2 is 2.00 bits per heavy atom. The molecule has 1 unspecified atom stereocenters. The second-order valence-electron chi connectivity index (χ2n) is 6.31. The predicted molar refractivity (Wildman–Crippen MR) is 107 cm³/mol. The zero-order chi connectivity index (χ0) is 20.3. The first kappa shape index (κ1) is 19.9. The van der Waals surface area contributed by atoms with E-state index in [2.05, 4.69) is 20.5 Å². The molecular weight excluding hydrogens is 378 g/mol. The largest absolute Gasteiger partial charge is 0.497 e. The predicted octanol–water partition coefficient (Wildman–Crippen LogP) is 2.73. The van der Waals surface area contributed by atoms with Crippen LogP contribution in [0.3, 0.4) is 0 Å². The SMILES string of the molecule is COc1ccc(OC)c(C(C)NC(=O)CSc2nnc3cc(C)nc(C)n23)c1. The van der Waals surface area contributed by atoms with Crippen molar-refractivity contribution < 1.29 is 14.3 Å². The molecule has 0 aliphatic carbocycles. The van der Waals surface area contributed by atoms with E-state index in [1.165, 1.54) is 11.8 Å². The fraction of sp³-hybridized carbons (Fsp3) is 0.368. The summed E-state index contributed by atoms with van der Waals surface area (Å²) in [5.41, 5.74) is 2.46. The van der Waals surface area contributed by atoms with Gasteiger partial charge in [-0.25, -0.2) is 4.98 Å². The lowest BCUT2D eigenvalue weighted by Gasteiger charge is -2.18. The highest BCUT2D eigenvalue weighted by Crippen LogP contribution is 2.29. The molecule has 0 aliphatic heterocycles. The topological polar surface area (TPSA) is 90.6 Å². The summed E-state index contributed by atoms with van der Waals surface area (Å²) >= 11 is 1.32. The van der Waals surface area contributed by atoms with E-state index in [0.29, 0.717) is 16.7 Å². The van der Waals surface area contributed by atoms with Crippen molar-refractivity contribution in [3.63, 3.8) is 0 Å². The van der Waals surface area contributed by atoms with E-state index in [0.717, 1.165) is 22.7 Å². The Kier molecular flexibility index (Phi) is 6.03. The minimum atomic E-state index is -0.237. The number of aromatic nitrogens is 4. The zero-order valence-corrected chi connectivity index (χ0v) is 17.3. The van der Waals surface area contributed by atoms with E-state index in [-0.39, 0.29) is 17.7 Å². The number of carbonyl (C=O) groups excluding carboxylic acids is 1. The first-order valence-corrected chi connectivity index (χ1v) is 9.75. The minimum Gasteiger partial charge on any atom is -0.497 e. The van der Waals surface area contributed by atoms with Gasteiger partial charge in [0.25, 0.3) is 0 Å². The third-order valence-corrected chi connectivity index (χ3v) is 5.20. The molecule has 0 saturated heterocycles. The van der Waals surface area contributed by atoms with Gasteiger partial charge in [-0.2, -0.15) is 0 Å². The lowest BCUT2D eigenvalue weighted by Crippen LogP contribution is -2.28. The van der Waals surface area contributed by atoms with E-state index in [4.69, 9.17) is 9.47 Å². The highest BCUT2D eigenvalue weighted by atomic mass is 32.2. The molecule has 0 radical (unpaired) electrons. The van der Waals surface area contributed by atoms with E-state index in [1.807, 2.05) is 49.4 Å². The molecular formula is C19H23N5O3S. The molecule has 3 rings (SSSR count). The maximum atomic E-state index is 12.5. The lowest BCUT2D eigenvalue weighted by molar-refractivity contribution is -0.119. The number of thioether (sulfide) groups is 1. The number of rotatable bonds is 7. The molecule has 148 valence electrons. The minimum absolute atomic E-state index is 0.114. The molecule has 1 N–H and O–H groups in total. The number of hydrogen-bond donors (Lipinski definition) is 1. The third kappa shape index (κ3) is 4.19. The van der Waals surface area contributed by atoms with E-state index in [9.17, 15) is 4.79 Å². The molecule has 1 atom stereocenters. The van der Waals surface area contributed by atoms with Crippen LogP contribution in [0, 0.1) is 13.8 Å². The maximum absolute atomic E-state index is 12.5. The van der Waals surface area contributed by atoms with Gasteiger partial charge in [-0.05, 0) is 39.0 Å². The number of carbonyl (C=O) groups is 1. The number of benzene rings is 1. The fourth-order valence-electron chi connectivity index (χ4n) is 2.97. The van der Waals surface area contributed by atoms with Crippen LogP contribution in [0.4, 0.5) is 0 Å². The Morgan fingerprint density at radius 1 is 1.21 bits per heavy atom. The summed E-state index contributed by atoms with van der Waals surface area (Å²) < 4.78 is 12.5. The molecule has 0 bridgehead atoms. The van der Waals surface area contributed by atoms with Gasteiger partial charge in [0.2, 0.25) is 5.91 Å². The number of ether oxygens (including phenoxy) is 2. The van der Waals surface area contributed by atoms with Gasteiger partial charge < -0.3 is 14.8 Å². The first-order chi connectivity index (χ1) is 13.4. The van der Waals surface area contributed by atoms with Crippen LogP contribution in [0.25, 0.3) is 5.65 Å². The molecule has 1 amide bonds. The summed E-state index contributed by atoms with van der Waals surface area (Å²) in [5, 5.41) is 12.0. The summed E-state index contributed by atoms with van der Waals surface area (Å²) in [4.78, 5) is 16.9. The number of aryl methyl sites for hydroxylation is 2. The monoisotopic (exact) mass is 401 g/mol. The van der Waals surface area contributed by atoms with Crippen LogP contribution in [-0.4, -0.2) is 45.5 Å². The molecule has 0 saturated carbocycles. The van der Waals surface area contributed by atoms with Crippen molar-refractivity contribution in [3.05, 3.63) is 41.3 Å². The van der Waals surface area contributed by atoms with Crippen LogP contribution in [0.5, 0.6) is 11.5 Å². The lowest BCUT2D eigenvalue weighted by atomic mass is 10.1. The normalized spacial score (nSPS) is 12.0. The Balaban J connectivity index is 1.68. The van der Waals surface area contributed by atoms with Crippen molar-refractivity contribution in [2.45, 2.75) is 32.0 Å². The van der Waals surface area contributed by atoms with Crippen molar-refractivity contribution in [1.82, 2.24) is 24.9 Å². The highest BCUT2D eigenvalue weighted by Gasteiger charge is 2.17. The van der Waals surface area contributed by atoms with E-state index in [1.54, 1.807) is 14.2 Å². The van der Waals surface area contributed by atoms with Crippen molar-refractivity contribution in [2.24, 2.45) is 0 Å². The summed E-state index contributed by atoms with van der Waals surface area (Å²) in [6, 6.07) is 7.13. The van der Waals surface area contributed by atoms with Gasteiger partial charge in [0.1, 0.15) is 17.3 Å². The summed E-state index contributed by atoms with van der Waals surface area (Å²) in [6.45, 7) is 5.71. The summed E-state index contributed by atoms with van der Waals surface area (Å²) in [6.07, 6.45) is 0. The van der Waals surface area contributed by atoms with Gasteiger partial charge in [0.05, 0.1) is 26.0 Å². The summed E-state index contributed by atoms with van der Waals surface area (Å²) in [7, 11) is 3.21. The fourth-order valence-corrected chi connectivity index (χ4v) is 3.76. The molecule has 3 aromatic rings. The van der Waals surface area contributed by atoms with Crippen LogP contribution in [0.15, 0.2) is 29.4 Å². The van der Waals surface area contributed by atoms with Crippen LogP contribution in [-0.2, 0) is 4.79 Å². The second-order valence-corrected chi connectivity index (χ2v) is 7.25. The Hall–Kier alpha value is -2.81. The average molecular weight is 401 g/mol. The highest BCUT2D eigenvalue weighted by molar-refractivity contribution is 7.99. The van der Waals surface area contributed by atoms with Crippen molar-refractivity contribution in [2.75, 3.05) is 20.0 Å². The third-order valence-electron chi connectivity index (χ3n) is 4.27. The molecule has 28 heavy (non-hydrogen) atoms. The molecule has 1 aromatic carbocycles. The van der Waals surface area contributed by atoms with Crippen LogP contribution >= 0.6 is 11.8 Å². The van der Waals surface area contributed by atoms with E-state index >= 15 is 0 Å². The number of amides is 1. The molecule has 0 fully saturated rings. The average Bonchev–Trinajstić information content (AvgIpc) is 3.08. The standard InChI is InChI=1S/C19H23N5O3S/c1-11-8-17-22-23-19(24(17)13(3)20-11)28-10-18(25)21-12(2)15-9-14(26-4)6-7-16(15)27-5/h6-9,12H,10H2,1-5H3,(H,21,25). The van der Waals surface area contributed by atoms with E-state index < -0.39 is 0 Å². The van der Waals surface area contributed by atoms with Crippen molar-refractivity contribution in [3.8, 4) is 11.5 Å². The number of methoxy groups -OCH3 is 2. The zero-order valence-electron chi connectivity index (χ0n) is 16.5. The number of nitrogens with zero attached hydrogens (tertiary/aromatic N) is 4.